The van der Waals surface area contributed by atoms with E-state index in [0.717, 1.165) is 11.1 Å². The van der Waals surface area contributed by atoms with E-state index in [0.29, 0.717) is 12.4 Å². The first-order valence-corrected chi connectivity index (χ1v) is 5.58. The Morgan fingerprint density at radius 3 is 2.35 bits per heavy atom. The average Bonchev–Trinajstić information content (AvgIpc) is 2.22. The Morgan fingerprint density at radius 1 is 1.29 bits per heavy atom. The van der Waals surface area contributed by atoms with Crippen LogP contribution in [-0.4, -0.2) is 30.4 Å². The Kier molecular flexibility index (Phi) is 4.97. The van der Waals surface area contributed by atoms with Gasteiger partial charge in [-0.1, -0.05) is 6.07 Å². The van der Waals surface area contributed by atoms with Gasteiger partial charge in [0.2, 0.25) is 0 Å². The van der Waals surface area contributed by atoms with Crippen LogP contribution in [0.25, 0.3) is 0 Å². The normalized spacial score (nSPS) is 12.2. The molecule has 0 bridgehead atoms. The molecule has 0 radical (unpaired) electrons. The molecule has 1 unspecified atom stereocenters. The van der Waals surface area contributed by atoms with Crippen LogP contribution in [0.3, 0.4) is 0 Å². The van der Waals surface area contributed by atoms with E-state index < -0.39 is 12.1 Å². The zero-order valence-corrected chi connectivity index (χ0v) is 10.4. The minimum Gasteiger partial charge on any atom is -0.490 e. The van der Waals surface area contributed by atoms with Crippen LogP contribution in [0.4, 0.5) is 0 Å². The second-order valence-electron chi connectivity index (χ2n) is 3.92. The first kappa shape index (κ1) is 13.5. The third-order valence-electron chi connectivity index (χ3n) is 2.24. The molecule has 0 aromatic heterocycles. The van der Waals surface area contributed by atoms with Crippen molar-refractivity contribution in [1.29, 1.82) is 0 Å². The summed E-state index contributed by atoms with van der Waals surface area (Å²) in [7, 11) is 0. The summed E-state index contributed by atoms with van der Waals surface area (Å²) in [6.45, 7) is 6.07. The van der Waals surface area contributed by atoms with Gasteiger partial charge in [-0.3, -0.25) is 0 Å². The Morgan fingerprint density at radius 2 is 1.88 bits per heavy atom. The van der Waals surface area contributed by atoms with E-state index in [2.05, 4.69) is 0 Å². The standard InChI is InChI=1S/C13H18O4/c1-4-16-12(13(14)15)8-17-11-6-9(2)5-10(3)7-11/h5-7,12H,4,8H2,1-3H3,(H,14,15). The van der Waals surface area contributed by atoms with E-state index in [1.807, 2.05) is 32.0 Å². The van der Waals surface area contributed by atoms with Gasteiger partial charge in [-0.15, -0.1) is 0 Å². The lowest BCUT2D eigenvalue weighted by Crippen LogP contribution is -2.30. The highest BCUT2D eigenvalue weighted by molar-refractivity contribution is 5.72. The third kappa shape index (κ3) is 4.44. The molecule has 0 spiro atoms. The van der Waals surface area contributed by atoms with Crippen LogP contribution in [0.15, 0.2) is 18.2 Å². The Bertz CT molecular complexity index is 367. The molecule has 1 rings (SSSR count). The number of hydrogen-bond acceptors (Lipinski definition) is 3. The molecule has 0 amide bonds. The van der Waals surface area contributed by atoms with Crippen LogP contribution in [0.2, 0.25) is 0 Å². The summed E-state index contributed by atoms with van der Waals surface area (Å²) in [6, 6.07) is 5.78. The van der Waals surface area contributed by atoms with E-state index in [9.17, 15) is 4.79 Å². The Balaban J connectivity index is 2.61. The van der Waals surface area contributed by atoms with Gasteiger partial charge in [0.05, 0.1) is 0 Å². The van der Waals surface area contributed by atoms with Crippen molar-refractivity contribution >= 4 is 5.97 Å². The predicted molar refractivity (Wildman–Crippen MR) is 64.5 cm³/mol. The van der Waals surface area contributed by atoms with Crippen LogP contribution in [0, 0.1) is 13.8 Å². The number of aryl methyl sites for hydroxylation is 2. The minimum absolute atomic E-state index is 0.0199. The lowest BCUT2D eigenvalue weighted by molar-refractivity contribution is -0.152. The maximum atomic E-state index is 10.8. The van der Waals surface area contributed by atoms with Crippen LogP contribution in [0.1, 0.15) is 18.1 Å². The topological polar surface area (TPSA) is 55.8 Å². The van der Waals surface area contributed by atoms with E-state index >= 15 is 0 Å². The van der Waals surface area contributed by atoms with E-state index in [1.54, 1.807) is 6.92 Å². The molecule has 1 atom stereocenters. The minimum atomic E-state index is -1.00. The average molecular weight is 238 g/mol. The number of hydrogen-bond donors (Lipinski definition) is 1. The molecular weight excluding hydrogens is 220 g/mol. The fourth-order valence-electron chi connectivity index (χ4n) is 1.58. The van der Waals surface area contributed by atoms with Crippen molar-refractivity contribution in [1.82, 2.24) is 0 Å². The van der Waals surface area contributed by atoms with E-state index in [4.69, 9.17) is 14.6 Å². The molecule has 0 aliphatic rings. The highest BCUT2D eigenvalue weighted by Gasteiger charge is 2.18. The van der Waals surface area contributed by atoms with Crippen LogP contribution in [-0.2, 0) is 9.53 Å². The largest absolute Gasteiger partial charge is 0.490 e. The van der Waals surface area contributed by atoms with Crippen molar-refractivity contribution in [2.75, 3.05) is 13.2 Å². The van der Waals surface area contributed by atoms with Crippen LogP contribution < -0.4 is 4.74 Å². The zero-order valence-electron chi connectivity index (χ0n) is 10.4. The number of benzene rings is 1. The van der Waals surface area contributed by atoms with Crippen molar-refractivity contribution in [2.24, 2.45) is 0 Å². The summed E-state index contributed by atoms with van der Waals surface area (Å²) in [5.74, 6) is -0.329. The fraction of sp³-hybridized carbons (Fsp3) is 0.462. The summed E-state index contributed by atoms with van der Waals surface area (Å²) in [6.07, 6.45) is -0.916. The van der Waals surface area contributed by atoms with Gasteiger partial charge in [0.15, 0.2) is 6.10 Å². The number of ether oxygens (including phenoxy) is 2. The van der Waals surface area contributed by atoms with Crippen LogP contribution in [0.5, 0.6) is 5.75 Å². The molecule has 1 N–H and O–H groups in total. The van der Waals surface area contributed by atoms with Gasteiger partial charge >= 0.3 is 5.97 Å². The van der Waals surface area contributed by atoms with Gasteiger partial charge in [-0.2, -0.15) is 0 Å². The predicted octanol–water partition coefficient (Wildman–Crippen LogP) is 2.17. The maximum Gasteiger partial charge on any atom is 0.336 e. The second-order valence-corrected chi connectivity index (χ2v) is 3.92. The number of carbonyl (C=O) groups is 1. The number of aliphatic carboxylic acids is 1. The first-order chi connectivity index (χ1) is 8.02. The maximum absolute atomic E-state index is 10.8. The molecule has 4 heteroatoms. The third-order valence-corrected chi connectivity index (χ3v) is 2.24. The quantitative estimate of drug-likeness (QED) is 0.825. The van der Waals surface area contributed by atoms with Gasteiger partial charge in [0.25, 0.3) is 0 Å². The Labute approximate surface area is 101 Å². The highest BCUT2D eigenvalue weighted by Crippen LogP contribution is 2.16. The zero-order chi connectivity index (χ0) is 12.8. The van der Waals surface area contributed by atoms with Crippen molar-refractivity contribution in [3.05, 3.63) is 29.3 Å². The van der Waals surface area contributed by atoms with Crippen molar-refractivity contribution in [2.45, 2.75) is 26.9 Å². The molecule has 0 saturated heterocycles. The molecule has 94 valence electrons. The monoisotopic (exact) mass is 238 g/mol. The molecule has 17 heavy (non-hydrogen) atoms. The van der Waals surface area contributed by atoms with Gasteiger partial charge in [0.1, 0.15) is 12.4 Å². The van der Waals surface area contributed by atoms with Gasteiger partial charge in [0, 0.05) is 6.61 Å². The molecule has 4 nitrogen and oxygen atoms in total. The molecule has 0 fully saturated rings. The molecule has 0 aliphatic heterocycles. The first-order valence-electron chi connectivity index (χ1n) is 5.58. The molecule has 0 heterocycles. The lowest BCUT2D eigenvalue weighted by Gasteiger charge is -2.14. The summed E-state index contributed by atoms with van der Waals surface area (Å²) < 4.78 is 10.5. The highest BCUT2D eigenvalue weighted by atomic mass is 16.5. The van der Waals surface area contributed by atoms with Crippen molar-refractivity contribution in [3.8, 4) is 5.75 Å². The molecule has 1 aromatic rings. The summed E-state index contributed by atoms with van der Waals surface area (Å²) in [5, 5.41) is 8.89. The summed E-state index contributed by atoms with van der Waals surface area (Å²) in [4.78, 5) is 10.8. The van der Waals surface area contributed by atoms with Crippen molar-refractivity contribution < 1.29 is 19.4 Å². The number of rotatable bonds is 6. The van der Waals surface area contributed by atoms with Gasteiger partial charge in [-0.05, 0) is 44.0 Å². The number of carboxylic acid groups (broad SMARTS) is 1. The molecule has 0 saturated carbocycles. The van der Waals surface area contributed by atoms with Crippen molar-refractivity contribution in [3.63, 3.8) is 0 Å². The van der Waals surface area contributed by atoms with Crippen LogP contribution >= 0.6 is 0 Å². The molecule has 1 aromatic carbocycles. The smallest absolute Gasteiger partial charge is 0.336 e. The van der Waals surface area contributed by atoms with Gasteiger partial charge in [-0.25, -0.2) is 4.79 Å². The second kappa shape index (κ2) is 6.25. The van der Waals surface area contributed by atoms with Gasteiger partial charge < -0.3 is 14.6 Å². The summed E-state index contributed by atoms with van der Waals surface area (Å²) in [5.41, 5.74) is 2.17. The fourth-order valence-corrected chi connectivity index (χ4v) is 1.58. The lowest BCUT2D eigenvalue weighted by atomic mass is 10.1. The van der Waals surface area contributed by atoms with E-state index in [1.165, 1.54) is 0 Å². The summed E-state index contributed by atoms with van der Waals surface area (Å²) >= 11 is 0. The SMILES string of the molecule is CCOC(COc1cc(C)cc(C)c1)C(=O)O. The number of carboxylic acids is 1. The van der Waals surface area contributed by atoms with E-state index in [-0.39, 0.29) is 6.61 Å². The molecular formula is C13H18O4. The molecule has 0 aliphatic carbocycles. The Hall–Kier alpha value is -1.55.